The summed E-state index contributed by atoms with van der Waals surface area (Å²) in [5.74, 6) is 0.871. The first-order valence-corrected chi connectivity index (χ1v) is 6.90. The molecule has 0 aliphatic rings. The van der Waals surface area contributed by atoms with Crippen LogP contribution in [-0.2, 0) is 6.54 Å². The fourth-order valence-electron chi connectivity index (χ4n) is 1.85. The zero-order valence-corrected chi connectivity index (χ0v) is 12.6. The Kier molecular flexibility index (Phi) is 4.59. The smallest absolute Gasteiger partial charge is 0.212 e. The van der Waals surface area contributed by atoms with E-state index in [0.29, 0.717) is 13.2 Å². The van der Waals surface area contributed by atoms with E-state index in [1.54, 1.807) is 4.52 Å². The molecule has 0 atom stereocenters. The number of hydrogen-bond acceptors (Lipinski definition) is 5. The molecule has 3 aromatic rings. The van der Waals surface area contributed by atoms with Crippen molar-refractivity contribution in [2.45, 2.75) is 13.5 Å². The maximum atomic E-state index is 5.56. The van der Waals surface area contributed by atoms with Crippen molar-refractivity contribution in [2.24, 2.45) is 5.73 Å². The third-order valence-corrected chi connectivity index (χ3v) is 3.67. The second kappa shape index (κ2) is 6.21. The monoisotopic (exact) mass is 310 g/mol. The van der Waals surface area contributed by atoms with Crippen LogP contribution < -0.4 is 10.5 Å². The molecular weight excluding hydrogens is 296 g/mol. The van der Waals surface area contributed by atoms with Crippen LogP contribution in [0.2, 0.25) is 0 Å². The zero-order chi connectivity index (χ0) is 13.2. The van der Waals surface area contributed by atoms with Gasteiger partial charge in [0.05, 0.1) is 18.5 Å². The van der Waals surface area contributed by atoms with E-state index in [-0.39, 0.29) is 12.4 Å². The van der Waals surface area contributed by atoms with Crippen LogP contribution in [0.3, 0.4) is 0 Å². The molecule has 7 heteroatoms. The van der Waals surface area contributed by atoms with Crippen LogP contribution in [-0.4, -0.2) is 21.2 Å². The Balaban J connectivity index is 0.00000147. The topological polar surface area (TPSA) is 65.4 Å². The molecule has 2 N–H and O–H groups in total. The van der Waals surface area contributed by atoms with Crippen LogP contribution in [0.25, 0.3) is 16.2 Å². The average Bonchev–Trinajstić information content (AvgIpc) is 2.97. The minimum Gasteiger partial charge on any atom is -0.494 e. The minimum absolute atomic E-state index is 0. The Morgan fingerprint density at radius 1 is 1.30 bits per heavy atom. The van der Waals surface area contributed by atoms with Crippen LogP contribution in [0.15, 0.2) is 30.5 Å². The fourth-order valence-corrected chi connectivity index (χ4v) is 2.61. The van der Waals surface area contributed by atoms with Crippen LogP contribution in [0.4, 0.5) is 0 Å². The lowest BCUT2D eigenvalue weighted by molar-refractivity contribution is 0.340. The maximum Gasteiger partial charge on any atom is 0.212 e. The summed E-state index contributed by atoms with van der Waals surface area (Å²) in [6.45, 7) is 3.09. The highest BCUT2D eigenvalue weighted by atomic mass is 35.5. The number of benzene rings is 1. The van der Waals surface area contributed by atoms with Gasteiger partial charge in [-0.1, -0.05) is 11.3 Å². The quantitative estimate of drug-likeness (QED) is 0.804. The molecule has 3 rings (SSSR count). The van der Waals surface area contributed by atoms with E-state index in [1.807, 2.05) is 37.4 Å². The Hall–Kier alpha value is -1.63. The van der Waals surface area contributed by atoms with Gasteiger partial charge < -0.3 is 10.5 Å². The molecule has 20 heavy (non-hydrogen) atoms. The predicted molar refractivity (Wildman–Crippen MR) is 82.6 cm³/mol. The van der Waals surface area contributed by atoms with Gasteiger partial charge >= 0.3 is 0 Å². The summed E-state index contributed by atoms with van der Waals surface area (Å²) in [6.07, 6.45) is 1.92. The zero-order valence-electron chi connectivity index (χ0n) is 10.9. The van der Waals surface area contributed by atoms with Crippen LogP contribution in [0.5, 0.6) is 5.75 Å². The number of fused-ring (bicyclic) bond motifs is 1. The molecule has 106 valence electrons. The first-order chi connectivity index (χ1) is 9.30. The summed E-state index contributed by atoms with van der Waals surface area (Å²) in [7, 11) is 0. The van der Waals surface area contributed by atoms with E-state index in [4.69, 9.17) is 10.5 Å². The number of ether oxygens (including phenoxy) is 1. The molecule has 0 fully saturated rings. The van der Waals surface area contributed by atoms with Gasteiger partial charge in [-0.2, -0.15) is 5.10 Å². The number of halogens is 1. The highest BCUT2D eigenvalue weighted by molar-refractivity contribution is 7.16. The van der Waals surface area contributed by atoms with Crippen LogP contribution in [0, 0.1) is 0 Å². The van der Waals surface area contributed by atoms with Gasteiger partial charge in [0.25, 0.3) is 0 Å². The lowest BCUT2D eigenvalue weighted by Gasteiger charge is -2.02. The van der Waals surface area contributed by atoms with Gasteiger partial charge in [0.15, 0.2) is 0 Å². The first-order valence-electron chi connectivity index (χ1n) is 6.08. The molecule has 0 unspecified atom stereocenters. The third-order valence-electron chi connectivity index (χ3n) is 2.72. The van der Waals surface area contributed by atoms with Crippen molar-refractivity contribution in [3.05, 3.63) is 35.5 Å². The molecule has 2 heterocycles. The minimum atomic E-state index is 0. The van der Waals surface area contributed by atoms with Gasteiger partial charge in [-0.25, -0.2) is 9.50 Å². The summed E-state index contributed by atoms with van der Waals surface area (Å²) in [5.41, 5.74) is 7.52. The molecule has 1 aromatic carbocycles. The summed E-state index contributed by atoms with van der Waals surface area (Å²) in [6, 6.07) is 7.90. The van der Waals surface area contributed by atoms with Crippen LogP contribution in [0.1, 0.15) is 11.9 Å². The number of hydrogen-bond donors (Lipinski definition) is 1. The van der Waals surface area contributed by atoms with E-state index in [1.165, 1.54) is 11.3 Å². The van der Waals surface area contributed by atoms with Gasteiger partial charge in [0, 0.05) is 12.1 Å². The Morgan fingerprint density at radius 3 is 2.65 bits per heavy atom. The Bertz CT molecular complexity index is 661. The predicted octanol–water partition coefficient (Wildman–Crippen LogP) is 2.74. The molecule has 0 spiro atoms. The molecule has 0 amide bonds. The molecule has 0 saturated heterocycles. The molecular formula is C13H15ClN4OS. The summed E-state index contributed by atoms with van der Waals surface area (Å²) < 4.78 is 7.20. The number of nitrogens with zero attached hydrogens (tertiary/aromatic N) is 3. The molecule has 0 saturated carbocycles. The molecule has 2 aromatic heterocycles. The number of nitrogens with two attached hydrogens (primary N) is 1. The van der Waals surface area contributed by atoms with E-state index in [2.05, 4.69) is 10.1 Å². The highest BCUT2D eigenvalue weighted by Gasteiger charge is 2.08. The normalized spacial score (nSPS) is 10.5. The molecule has 5 nitrogen and oxygen atoms in total. The van der Waals surface area contributed by atoms with Crippen molar-refractivity contribution < 1.29 is 4.74 Å². The van der Waals surface area contributed by atoms with Crippen molar-refractivity contribution in [1.82, 2.24) is 14.6 Å². The van der Waals surface area contributed by atoms with Gasteiger partial charge in [-0.3, -0.25) is 0 Å². The van der Waals surface area contributed by atoms with Gasteiger partial charge in [-0.15, -0.1) is 12.4 Å². The van der Waals surface area contributed by atoms with Gasteiger partial charge in [0.2, 0.25) is 4.96 Å². The average molecular weight is 311 g/mol. The molecule has 0 radical (unpaired) electrons. The number of imidazole rings is 1. The standard InChI is InChI=1S/C13H14N4OS.ClH/c1-2-18-10-5-3-9(4-6-10)11-8-17-13(15-11)19-12(7-14)16-17;/h3-6,8H,2,7,14H2,1H3;1H. The van der Waals surface area contributed by atoms with Crippen molar-refractivity contribution in [1.29, 1.82) is 0 Å². The second-order valence-corrected chi connectivity index (χ2v) is 5.05. The van der Waals surface area contributed by atoms with Crippen LogP contribution >= 0.6 is 23.7 Å². The third kappa shape index (κ3) is 2.77. The Labute approximate surface area is 126 Å². The SMILES string of the molecule is CCOc1ccc(-c2cn3nc(CN)sc3n2)cc1.Cl. The van der Waals surface area contributed by atoms with E-state index in [9.17, 15) is 0 Å². The number of aromatic nitrogens is 3. The van der Waals surface area contributed by atoms with Gasteiger partial charge in [-0.05, 0) is 31.2 Å². The maximum absolute atomic E-state index is 5.56. The van der Waals surface area contributed by atoms with Crippen molar-refractivity contribution >= 4 is 28.7 Å². The van der Waals surface area contributed by atoms with E-state index in [0.717, 1.165) is 27.0 Å². The highest BCUT2D eigenvalue weighted by Crippen LogP contribution is 2.24. The van der Waals surface area contributed by atoms with Crippen molar-refractivity contribution in [3.8, 4) is 17.0 Å². The summed E-state index contributed by atoms with van der Waals surface area (Å²) >= 11 is 1.52. The fraction of sp³-hybridized carbons (Fsp3) is 0.231. The number of rotatable bonds is 4. The summed E-state index contributed by atoms with van der Waals surface area (Å²) in [4.78, 5) is 5.41. The largest absolute Gasteiger partial charge is 0.494 e. The second-order valence-electron chi connectivity index (χ2n) is 4.01. The van der Waals surface area contributed by atoms with Crippen molar-refractivity contribution in [3.63, 3.8) is 0 Å². The van der Waals surface area contributed by atoms with E-state index >= 15 is 0 Å². The lowest BCUT2D eigenvalue weighted by Crippen LogP contribution is -1.95. The first kappa shape index (κ1) is 14.8. The molecule has 0 bridgehead atoms. The molecule has 0 aliphatic heterocycles. The summed E-state index contributed by atoms with van der Waals surface area (Å²) in [5, 5.41) is 5.24. The van der Waals surface area contributed by atoms with E-state index < -0.39 is 0 Å². The van der Waals surface area contributed by atoms with Gasteiger partial charge in [0.1, 0.15) is 10.8 Å². The Morgan fingerprint density at radius 2 is 2.05 bits per heavy atom. The lowest BCUT2D eigenvalue weighted by atomic mass is 10.2. The van der Waals surface area contributed by atoms with Crippen molar-refractivity contribution in [2.75, 3.05) is 6.61 Å². The molecule has 0 aliphatic carbocycles.